The third kappa shape index (κ3) is 3.09. The molecule has 0 amide bonds. The lowest BCUT2D eigenvalue weighted by atomic mass is 10.0. The second kappa shape index (κ2) is 5.65. The molecule has 0 heterocycles. The van der Waals surface area contributed by atoms with Gasteiger partial charge in [0, 0.05) is 11.3 Å². The molecular weight excluding hydrogens is 254 g/mol. The van der Waals surface area contributed by atoms with Crippen LogP contribution in [0.15, 0.2) is 42.5 Å². The van der Waals surface area contributed by atoms with Crippen LogP contribution in [0.25, 0.3) is 11.1 Å². The van der Waals surface area contributed by atoms with Crippen LogP contribution < -0.4 is 10.5 Å². The molecule has 104 valence electrons. The fourth-order valence-corrected chi connectivity index (χ4v) is 1.89. The number of benzene rings is 2. The SMILES string of the molecule is Cc1ccc(N)c(-c2ccc(OC(C)C(=O)O)cc2)c1. The van der Waals surface area contributed by atoms with Gasteiger partial charge >= 0.3 is 5.97 Å². The molecule has 0 bridgehead atoms. The van der Waals surface area contributed by atoms with E-state index < -0.39 is 12.1 Å². The number of anilines is 1. The average Bonchev–Trinajstić information content (AvgIpc) is 2.42. The maximum atomic E-state index is 10.7. The van der Waals surface area contributed by atoms with Crippen molar-refractivity contribution >= 4 is 11.7 Å². The molecule has 1 unspecified atom stereocenters. The van der Waals surface area contributed by atoms with E-state index in [1.165, 1.54) is 6.92 Å². The minimum absolute atomic E-state index is 0.523. The van der Waals surface area contributed by atoms with Crippen molar-refractivity contribution in [3.8, 4) is 16.9 Å². The molecule has 0 saturated heterocycles. The Kier molecular flexibility index (Phi) is 3.94. The smallest absolute Gasteiger partial charge is 0.344 e. The van der Waals surface area contributed by atoms with Crippen molar-refractivity contribution in [3.63, 3.8) is 0 Å². The maximum absolute atomic E-state index is 10.7. The lowest BCUT2D eigenvalue weighted by molar-refractivity contribution is -0.144. The molecule has 2 aromatic rings. The second-order valence-corrected chi connectivity index (χ2v) is 4.71. The molecule has 0 fully saturated rings. The normalized spacial score (nSPS) is 11.9. The largest absolute Gasteiger partial charge is 0.479 e. The molecule has 4 heteroatoms. The third-order valence-electron chi connectivity index (χ3n) is 3.03. The summed E-state index contributed by atoms with van der Waals surface area (Å²) in [5.74, 6) is -0.466. The number of carboxylic acid groups (broad SMARTS) is 1. The Morgan fingerprint density at radius 2 is 1.85 bits per heavy atom. The zero-order valence-electron chi connectivity index (χ0n) is 11.5. The molecule has 1 atom stereocenters. The molecular formula is C16H17NO3. The van der Waals surface area contributed by atoms with Gasteiger partial charge in [-0.1, -0.05) is 23.8 Å². The lowest BCUT2D eigenvalue weighted by Crippen LogP contribution is -2.22. The molecule has 0 radical (unpaired) electrons. The van der Waals surface area contributed by atoms with Gasteiger partial charge in [0.1, 0.15) is 5.75 Å². The second-order valence-electron chi connectivity index (χ2n) is 4.71. The number of ether oxygens (including phenoxy) is 1. The topological polar surface area (TPSA) is 72.5 Å². The van der Waals surface area contributed by atoms with Crippen molar-refractivity contribution in [1.82, 2.24) is 0 Å². The van der Waals surface area contributed by atoms with E-state index in [1.807, 2.05) is 37.3 Å². The van der Waals surface area contributed by atoms with Crippen molar-refractivity contribution in [2.24, 2.45) is 0 Å². The predicted octanol–water partition coefficient (Wildman–Crippen LogP) is 3.10. The summed E-state index contributed by atoms with van der Waals surface area (Å²) < 4.78 is 5.29. The highest BCUT2D eigenvalue weighted by molar-refractivity contribution is 5.77. The number of carbonyl (C=O) groups is 1. The molecule has 0 aliphatic carbocycles. The van der Waals surface area contributed by atoms with Crippen LogP contribution in [0.3, 0.4) is 0 Å². The molecule has 0 spiro atoms. The summed E-state index contributed by atoms with van der Waals surface area (Å²) in [6.45, 7) is 3.50. The van der Waals surface area contributed by atoms with E-state index in [-0.39, 0.29) is 0 Å². The first-order valence-electron chi connectivity index (χ1n) is 6.33. The first kappa shape index (κ1) is 13.9. The van der Waals surface area contributed by atoms with E-state index >= 15 is 0 Å². The number of aliphatic carboxylic acids is 1. The Bertz CT molecular complexity index is 620. The van der Waals surface area contributed by atoms with Gasteiger partial charge in [0.25, 0.3) is 0 Å². The Morgan fingerprint density at radius 1 is 1.20 bits per heavy atom. The van der Waals surface area contributed by atoms with Gasteiger partial charge in [0.2, 0.25) is 0 Å². The minimum atomic E-state index is -0.989. The molecule has 20 heavy (non-hydrogen) atoms. The molecule has 0 aromatic heterocycles. The highest BCUT2D eigenvalue weighted by Gasteiger charge is 2.12. The van der Waals surface area contributed by atoms with Crippen LogP contribution in [0, 0.1) is 6.92 Å². The van der Waals surface area contributed by atoms with E-state index in [0.29, 0.717) is 11.4 Å². The third-order valence-corrected chi connectivity index (χ3v) is 3.03. The number of nitrogen functional groups attached to an aromatic ring is 1. The monoisotopic (exact) mass is 271 g/mol. The summed E-state index contributed by atoms with van der Waals surface area (Å²) in [5.41, 5.74) is 9.75. The molecule has 0 aliphatic rings. The fraction of sp³-hybridized carbons (Fsp3) is 0.188. The lowest BCUT2D eigenvalue weighted by Gasteiger charge is -2.12. The Balaban J connectivity index is 2.24. The van der Waals surface area contributed by atoms with Gasteiger partial charge in [-0.2, -0.15) is 0 Å². The van der Waals surface area contributed by atoms with Crippen molar-refractivity contribution in [3.05, 3.63) is 48.0 Å². The molecule has 0 aliphatic heterocycles. The number of nitrogens with two attached hydrogens (primary N) is 1. The molecule has 4 nitrogen and oxygen atoms in total. The zero-order valence-corrected chi connectivity index (χ0v) is 11.5. The van der Waals surface area contributed by atoms with Crippen LogP contribution in [0.5, 0.6) is 5.75 Å². The van der Waals surface area contributed by atoms with Crippen LogP contribution in [0.2, 0.25) is 0 Å². The van der Waals surface area contributed by atoms with Crippen molar-refractivity contribution in [2.75, 3.05) is 5.73 Å². The standard InChI is InChI=1S/C16H17NO3/c1-10-3-8-15(17)14(9-10)12-4-6-13(7-5-12)20-11(2)16(18)19/h3-9,11H,17H2,1-2H3,(H,18,19). The van der Waals surface area contributed by atoms with Gasteiger partial charge in [0.05, 0.1) is 0 Å². The molecule has 3 N–H and O–H groups in total. The van der Waals surface area contributed by atoms with E-state index in [1.54, 1.807) is 12.1 Å². The van der Waals surface area contributed by atoms with Crippen LogP contribution in [-0.4, -0.2) is 17.2 Å². The maximum Gasteiger partial charge on any atom is 0.344 e. The Hall–Kier alpha value is -2.49. The number of hydrogen-bond donors (Lipinski definition) is 2. The van der Waals surface area contributed by atoms with E-state index in [0.717, 1.165) is 16.7 Å². The van der Waals surface area contributed by atoms with Gasteiger partial charge < -0.3 is 15.6 Å². The summed E-state index contributed by atoms with van der Waals surface area (Å²) in [6, 6.07) is 13.1. The number of hydrogen-bond acceptors (Lipinski definition) is 3. The predicted molar refractivity (Wildman–Crippen MR) is 78.8 cm³/mol. The number of aryl methyl sites for hydroxylation is 1. The van der Waals surface area contributed by atoms with Gasteiger partial charge in [-0.25, -0.2) is 4.79 Å². The van der Waals surface area contributed by atoms with Crippen LogP contribution >= 0.6 is 0 Å². The van der Waals surface area contributed by atoms with E-state index in [4.69, 9.17) is 15.6 Å². The van der Waals surface area contributed by atoms with Crippen LogP contribution in [0.4, 0.5) is 5.69 Å². The Labute approximate surface area is 117 Å². The first-order valence-corrected chi connectivity index (χ1v) is 6.33. The summed E-state index contributed by atoms with van der Waals surface area (Å²) >= 11 is 0. The fourth-order valence-electron chi connectivity index (χ4n) is 1.89. The van der Waals surface area contributed by atoms with Crippen molar-refractivity contribution in [1.29, 1.82) is 0 Å². The van der Waals surface area contributed by atoms with Gasteiger partial charge in [-0.15, -0.1) is 0 Å². The zero-order chi connectivity index (χ0) is 14.7. The van der Waals surface area contributed by atoms with Crippen molar-refractivity contribution in [2.45, 2.75) is 20.0 Å². The van der Waals surface area contributed by atoms with Crippen LogP contribution in [-0.2, 0) is 4.79 Å². The molecule has 2 rings (SSSR count). The summed E-state index contributed by atoms with van der Waals surface area (Å²) in [7, 11) is 0. The molecule has 2 aromatic carbocycles. The highest BCUT2D eigenvalue weighted by atomic mass is 16.5. The first-order chi connectivity index (χ1) is 9.47. The number of carboxylic acids is 1. The Morgan fingerprint density at radius 3 is 2.45 bits per heavy atom. The summed E-state index contributed by atoms with van der Waals surface area (Å²) in [5, 5.41) is 8.80. The minimum Gasteiger partial charge on any atom is -0.479 e. The highest BCUT2D eigenvalue weighted by Crippen LogP contribution is 2.28. The quantitative estimate of drug-likeness (QED) is 0.838. The van der Waals surface area contributed by atoms with Gasteiger partial charge in [-0.3, -0.25) is 0 Å². The van der Waals surface area contributed by atoms with E-state index in [9.17, 15) is 4.79 Å². The summed E-state index contributed by atoms with van der Waals surface area (Å²) in [6.07, 6.45) is -0.870. The van der Waals surface area contributed by atoms with Crippen molar-refractivity contribution < 1.29 is 14.6 Å². The van der Waals surface area contributed by atoms with Gasteiger partial charge in [-0.05, 0) is 43.7 Å². The average molecular weight is 271 g/mol. The van der Waals surface area contributed by atoms with Gasteiger partial charge in [0.15, 0.2) is 6.10 Å². The van der Waals surface area contributed by atoms with Crippen LogP contribution in [0.1, 0.15) is 12.5 Å². The molecule has 0 saturated carbocycles. The van der Waals surface area contributed by atoms with E-state index in [2.05, 4.69) is 0 Å². The number of rotatable bonds is 4. The summed E-state index contributed by atoms with van der Waals surface area (Å²) in [4.78, 5) is 10.7.